The van der Waals surface area contributed by atoms with Gasteiger partial charge in [-0.1, -0.05) is 152 Å². The molecule has 1 heterocycles. The van der Waals surface area contributed by atoms with Gasteiger partial charge in [0.2, 0.25) is 0 Å². The Morgan fingerprint density at radius 1 is 0.750 bits per heavy atom. The number of likely N-dealkylation sites (N-methyl/N-ethyl adjacent to an activating group) is 1. The summed E-state index contributed by atoms with van der Waals surface area (Å²) in [5, 5.41) is 5.25. The van der Waals surface area contributed by atoms with E-state index in [-0.39, 0.29) is 10.8 Å². The summed E-state index contributed by atoms with van der Waals surface area (Å²) in [6, 6.07) is 26.6. The van der Waals surface area contributed by atoms with Crippen molar-refractivity contribution in [3.63, 3.8) is 0 Å². The average molecular weight is 637 g/mol. The monoisotopic (exact) mass is 636 g/mol. The topological polar surface area (TPSA) is 15.6 Å². The van der Waals surface area contributed by atoms with E-state index in [4.69, 9.17) is 4.99 Å². The van der Waals surface area contributed by atoms with Crippen molar-refractivity contribution in [2.24, 2.45) is 10.4 Å². The van der Waals surface area contributed by atoms with Gasteiger partial charge in [0.25, 0.3) is 0 Å². The van der Waals surface area contributed by atoms with Crippen LogP contribution in [0.3, 0.4) is 0 Å². The zero-order chi connectivity index (χ0) is 34.5. The molecule has 0 unspecified atom stereocenters. The van der Waals surface area contributed by atoms with E-state index in [1.807, 2.05) is 0 Å². The standard InChI is InChI=1S/C46H56N2/c1-10-48-39-31-30-36-23-17-19-25-38(36)43(39)46(8,9)41(48)27-15-13-11-12-14-26-40(47-33-21-20-32-44(3,4)5)45(6,7)42-34(2)28-29-35-22-16-18-24-37(35)42/h11-19,22-31H,10,20-21,32-33H2,1-9H3/b12-11+,15-13+,26-14+,41-27-,47-40?. The molecular weight excluding hydrogens is 581 g/mol. The number of allylic oxidation sites excluding steroid dienone is 8. The van der Waals surface area contributed by atoms with Gasteiger partial charge in [0.05, 0.1) is 0 Å². The summed E-state index contributed by atoms with van der Waals surface area (Å²) in [6.45, 7) is 22.6. The van der Waals surface area contributed by atoms with Crippen molar-refractivity contribution in [3.8, 4) is 0 Å². The normalized spacial score (nSPS) is 16.5. The quantitative estimate of drug-likeness (QED) is 0.0908. The predicted octanol–water partition coefficient (Wildman–Crippen LogP) is 12.6. The van der Waals surface area contributed by atoms with Gasteiger partial charge in [0, 0.05) is 41.0 Å². The Kier molecular flexibility index (Phi) is 10.6. The van der Waals surface area contributed by atoms with Gasteiger partial charge in [-0.25, -0.2) is 0 Å². The molecule has 0 spiro atoms. The Morgan fingerprint density at radius 3 is 2.08 bits per heavy atom. The third kappa shape index (κ3) is 7.44. The molecule has 0 N–H and O–H groups in total. The average Bonchev–Trinajstić information content (AvgIpc) is 3.27. The van der Waals surface area contributed by atoms with E-state index in [2.05, 4.69) is 183 Å². The molecule has 2 heteroatoms. The Hall–Kier alpha value is -4.17. The van der Waals surface area contributed by atoms with Crippen LogP contribution in [0.15, 0.2) is 126 Å². The van der Waals surface area contributed by atoms with Gasteiger partial charge < -0.3 is 4.90 Å². The maximum absolute atomic E-state index is 5.26. The SMILES string of the molecule is CCN1\C(=C/C=C/C=C/C=C/C(=NCCCCC(C)(C)C)C(C)(C)c2c(C)ccc3ccccc23)C(C)(C)c2c1ccc1ccccc21. The first-order valence-corrected chi connectivity index (χ1v) is 17.9. The number of aryl methyl sites for hydroxylation is 1. The number of hydrogen-bond acceptors (Lipinski definition) is 2. The third-order valence-corrected chi connectivity index (χ3v) is 10.0. The Balaban J connectivity index is 1.38. The third-order valence-electron chi connectivity index (χ3n) is 10.0. The van der Waals surface area contributed by atoms with Crippen molar-refractivity contribution < 1.29 is 0 Å². The molecule has 0 bridgehead atoms. The summed E-state index contributed by atoms with van der Waals surface area (Å²) in [6.07, 6.45) is 18.8. The van der Waals surface area contributed by atoms with E-state index in [1.54, 1.807) is 0 Å². The van der Waals surface area contributed by atoms with Crippen molar-refractivity contribution in [2.75, 3.05) is 18.0 Å². The number of unbranched alkanes of at least 4 members (excludes halogenated alkanes) is 1. The molecule has 2 nitrogen and oxygen atoms in total. The molecule has 48 heavy (non-hydrogen) atoms. The van der Waals surface area contributed by atoms with E-state index in [1.165, 1.54) is 62.5 Å². The molecule has 0 fully saturated rings. The minimum Gasteiger partial charge on any atom is -0.344 e. The van der Waals surface area contributed by atoms with E-state index in [0.717, 1.165) is 25.2 Å². The number of aliphatic imine (C=N–C) groups is 1. The van der Waals surface area contributed by atoms with Gasteiger partial charge in [0.1, 0.15) is 0 Å². The molecule has 4 aromatic rings. The largest absolute Gasteiger partial charge is 0.344 e. The minimum absolute atomic E-state index is 0.0796. The van der Waals surface area contributed by atoms with Crippen LogP contribution < -0.4 is 4.90 Å². The van der Waals surface area contributed by atoms with Gasteiger partial charge in [-0.2, -0.15) is 0 Å². The smallest absolute Gasteiger partial charge is 0.0456 e. The minimum atomic E-state index is -0.240. The lowest BCUT2D eigenvalue weighted by atomic mass is 9.75. The van der Waals surface area contributed by atoms with Crippen LogP contribution >= 0.6 is 0 Å². The molecule has 0 aliphatic carbocycles. The number of anilines is 1. The highest BCUT2D eigenvalue weighted by molar-refractivity contribution is 6.06. The lowest BCUT2D eigenvalue weighted by molar-refractivity contribution is 0.361. The molecule has 5 rings (SSSR count). The molecule has 0 atom stereocenters. The maximum atomic E-state index is 5.26. The van der Waals surface area contributed by atoms with Gasteiger partial charge in [-0.05, 0) is 88.6 Å². The van der Waals surface area contributed by atoms with Crippen molar-refractivity contribution in [1.82, 2.24) is 0 Å². The second-order valence-electron chi connectivity index (χ2n) is 15.6. The molecule has 0 amide bonds. The molecular formula is C46H56N2. The first-order valence-electron chi connectivity index (χ1n) is 17.9. The van der Waals surface area contributed by atoms with E-state index in [0.29, 0.717) is 5.41 Å². The van der Waals surface area contributed by atoms with Crippen LogP contribution in [0.2, 0.25) is 0 Å². The molecule has 1 aliphatic rings. The van der Waals surface area contributed by atoms with Gasteiger partial charge >= 0.3 is 0 Å². The number of rotatable bonds is 11. The van der Waals surface area contributed by atoms with Crippen LogP contribution in [-0.4, -0.2) is 18.8 Å². The number of benzene rings is 4. The summed E-state index contributed by atoms with van der Waals surface area (Å²) in [5.41, 5.74) is 7.94. The second kappa shape index (κ2) is 14.5. The van der Waals surface area contributed by atoms with Crippen LogP contribution in [0.1, 0.15) is 91.3 Å². The van der Waals surface area contributed by atoms with Crippen LogP contribution in [0.25, 0.3) is 21.5 Å². The molecule has 1 aliphatic heterocycles. The van der Waals surface area contributed by atoms with Gasteiger partial charge in [-0.15, -0.1) is 0 Å². The highest BCUT2D eigenvalue weighted by Crippen LogP contribution is 2.50. The lowest BCUT2D eigenvalue weighted by Gasteiger charge is -2.29. The molecule has 0 saturated heterocycles. The highest BCUT2D eigenvalue weighted by atomic mass is 15.2. The summed E-state index contributed by atoms with van der Waals surface area (Å²) < 4.78 is 0. The number of nitrogens with zero attached hydrogens (tertiary/aromatic N) is 2. The maximum Gasteiger partial charge on any atom is 0.0456 e. The van der Waals surface area contributed by atoms with E-state index in [9.17, 15) is 0 Å². The zero-order valence-corrected chi connectivity index (χ0v) is 30.9. The van der Waals surface area contributed by atoms with Gasteiger partial charge in [-0.3, -0.25) is 4.99 Å². The van der Waals surface area contributed by atoms with E-state index < -0.39 is 0 Å². The number of fused-ring (bicyclic) bond motifs is 4. The Labute approximate surface area is 290 Å². The highest BCUT2D eigenvalue weighted by Gasteiger charge is 2.40. The molecule has 4 aromatic carbocycles. The van der Waals surface area contributed by atoms with Crippen LogP contribution in [0.5, 0.6) is 0 Å². The van der Waals surface area contributed by atoms with Crippen molar-refractivity contribution in [2.45, 2.75) is 92.4 Å². The number of hydrogen-bond donors (Lipinski definition) is 0. The van der Waals surface area contributed by atoms with Crippen molar-refractivity contribution >= 4 is 32.9 Å². The zero-order valence-electron chi connectivity index (χ0n) is 30.9. The van der Waals surface area contributed by atoms with Crippen molar-refractivity contribution in [1.29, 1.82) is 0 Å². The fourth-order valence-corrected chi connectivity index (χ4v) is 7.63. The fourth-order valence-electron chi connectivity index (χ4n) is 7.63. The summed E-state index contributed by atoms with van der Waals surface area (Å²) >= 11 is 0. The Morgan fingerprint density at radius 2 is 1.38 bits per heavy atom. The summed E-state index contributed by atoms with van der Waals surface area (Å²) in [4.78, 5) is 7.73. The molecule has 0 radical (unpaired) electrons. The predicted molar refractivity (Wildman–Crippen MR) is 213 cm³/mol. The second-order valence-corrected chi connectivity index (χ2v) is 15.6. The Bertz CT molecular complexity index is 1900. The van der Waals surface area contributed by atoms with Crippen LogP contribution in [0.4, 0.5) is 5.69 Å². The van der Waals surface area contributed by atoms with Crippen LogP contribution in [0, 0.1) is 12.3 Å². The lowest BCUT2D eigenvalue weighted by Crippen LogP contribution is -2.29. The fraction of sp³-hybridized carbons (Fsp3) is 0.370. The van der Waals surface area contributed by atoms with Crippen molar-refractivity contribution in [3.05, 3.63) is 138 Å². The van der Waals surface area contributed by atoms with Gasteiger partial charge in [0.15, 0.2) is 0 Å². The van der Waals surface area contributed by atoms with E-state index >= 15 is 0 Å². The first kappa shape index (κ1) is 35.1. The summed E-state index contributed by atoms with van der Waals surface area (Å²) in [7, 11) is 0. The molecule has 0 saturated carbocycles. The molecule has 250 valence electrons. The first-order chi connectivity index (χ1) is 22.9. The summed E-state index contributed by atoms with van der Waals surface area (Å²) in [5.74, 6) is 0. The van der Waals surface area contributed by atoms with Crippen LogP contribution in [-0.2, 0) is 10.8 Å². The molecule has 0 aromatic heterocycles.